The van der Waals surface area contributed by atoms with E-state index in [2.05, 4.69) is 6.07 Å². The van der Waals surface area contributed by atoms with Gasteiger partial charge in [-0.2, -0.15) is 5.26 Å². The predicted molar refractivity (Wildman–Crippen MR) is 116 cm³/mol. The Hall–Kier alpha value is -3.71. The van der Waals surface area contributed by atoms with Crippen LogP contribution in [-0.4, -0.2) is 18.4 Å². The lowest BCUT2D eigenvalue weighted by atomic mass is 9.96. The second-order valence-electron chi connectivity index (χ2n) is 6.90. The minimum absolute atomic E-state index is 0.217. The van der Waals surface area contributed by atoms with Crippen LogP contribution in [0.5, 0.6) is 0 Å². The maximum Gasteiger partial charge on any atom is 0.339 e. The van der Waals surface area contributed by atoms with Crippen LogP contribution in [-0.2, 0) is 17.6 Å². The van der Waals surface area contributed by atoms with Crippen molar-refractivity contribution in [2.24, 2.45) is 0 Å². The van der Waals surface area contributed by atoms with Crippen molar-refractivity contribution in [3.8, 4) is 17.2 Å². The summed E-state index contributed by atoms with van der Waals surface area (Å²) in [6, 6.07) is 22.0. The number of ketones is 1. The van der Waals surface area contributed by atoms with Crippen LogP contribution in [0, 0.1) is 11.3 Å². The van der Waals surface area contributed by atoms with E-state index in [0.29, 0.717) is 27.8 Å². The van der Waals surface area contributed by atoms with Crippen LogP contribution in [0.25, 0.3) is 11.1 Å². The first-order valence-corrected chi connectivity index (χ1v) is 9.99. The summed E-state index contributed by atoms with van der Waals surface area (Å²) in [5, 5.41) is 9.39. The smallest absolute Gasteiger partial charge is 0.339 e. The molecule has 0 saturated carbocycles. The molecule has 3 rings (SSSR count). The fourth-order valence-corrected chi connectivity index (χ4v) is 3.41. The van der Waals surface area contributed by atoms with Crippen molar-refractivity contribution in [1.82, 2.24) is 0 Å². The summed E-state index contributed by atoms with van der Waals surface area (Å²) in [5.74, 6) is -0.804. The summed E-state index contributed by atoms with van der Waals surface area (Å²) >= 11 is 0. The number of nitrogens with zero attached hydrogens (tertiary/aromatic N) is 1. The standard InChI is InChI=1S/C26H23NO3/c1-3-18-13-14-19(4-2)24(15-18)25(28)17-30-26(29)23-12-8-7-11-22(23)21-10-6-5-9-20(21)16-27/h5-15H,3-4,17H2,1-2H3. The van der Waals surface area contributed by atoms with E-state index in [9.17, 15) is 14.9 Å². The quantitative estimate of drug-likeness (QED) is 0.396. The summed E-state index contributed by atoms with van der Waals surface area (Å²) in [6.45, 7) is 3.70. The van der Waals surface area contributed by atoms with E-state index in [0.717, 1.165) is 24.0 Å². The molecule has 0 unspecified atom stereocenters. The number of carbonyl (C=O) groups is 2. The highest BCUT2D eigenvalue weighted by atomic mass is 16.5. The van der Waals surface area contributed by atoms with Crippen molar-refractivity contribution in [2.45, 2.75) is 26.7 Å². The topological polar surface area (TPSA) is 67.2 Å². The van der Waals surface area contributed by atoms with Crippen LogP contribution in [0.2, 0.25) is 0 Å². The molecule has 0 aromatic heterocycles. The summed E-state index contributed by atoms with van der Waals surface area (Å²) in [4.78, 5) is 25.6. The van der Waals surface area contributed by atoms with Gasteiger partial charge < -0.3 is 4.74 Å². The molecule has 0 aliphatic rings. The van der Waals surface area contributed by atoms with Crippen molar-refractivity contribution in [3.05, 3.63) is 94.5 Å². The van der Waals surface area contributed by atoms with Crippen LogP contribution in [0.15, 0.2) is 66.7 Å². The average Bonchev–Trinajstić information content (AvgIpc) is 2.81. The van der Waals surface area contributed by atoms with E-state index in [-0.39, 0.29) is 12.4 Å². The second kappa shape index (κ2) is 9.67. The third-order valence-corrected chi connectivity index (χ3v) is 5.08. The molecule has 30 heavy (non-hydrogen) atoms. The van der Waals surface area contributed by atoms with Crippen molar-refractivity contribution in [2.75, 3.05) is 6.61 Å². The number of carbonyl (C=O) groups excluding carboxylic acids is 2. The van der Waals surface area contributed by atoms with Gasteiger partial charge in [0.05, 0.1) is 17.2 Å². The molecular formula is C26H23NO3. The van der Waals surface area contributed by atoms with E-state index in [1.54, 1.807) is 42.5 Å². The van der Waals surface area contributed by atoms with Gasteiger partial charge in [0, 0.05) is 11.1 Å². The fraction of sp³-hybridized carbons (Fsp3) is 0.192. The zero-order valence-electron chi connectivity index (χ0n) is 17.1. The van der Waals surface area contributed by atoms with Crippen LogP contribution in [0.3, 0.4) is 0 Å². The summed E-state index contributed by atoms with van der Waals surface area (Å²) < 4.78 is 5.38. The Kier molecular flexibility index (Phi) is 6.77. The molecular weight excluding hydrogens is 374 g/mol. The maximum atomic E-state index is 12.8. The monoisotopic (exact) mass is 397 g/mol. The van der Waals surface area contributed by atoms with Gasteiger partial charge in [-0.25, -0.2) is 4.79 Å². The highest BCUT2D eigenvalue weighted by Crippen LogP contribution is 2.27. The summed E-state index contributed by atoms with van der Waals surface area (Å²) in [6.07, 6.45) is 1.56. The number of hydrogen-bond donors (Lipinski definition) is 0. The van der Waals surface area contributed by atoms with Gasteiger partial charge in [-0.1, -0.05) is 62.4 Å². The molecule has 0 aliphatic heterocycles. The van der Waals surface area contributed by atoms with Crippen molar-refractivity contribution in [1.29, 1.82) is 5.26 Å². The zero-order valence-corrected chi connectivity index (χ0v) is 17.1. The minimum atomic E-state index is -0.587. The van der Waals surface area contributed by atoms with Crippen molar-refractivity contribution < 1.29 is 14.3 Å². The third kappa shape index (κ3) is 4.47. The SMILES string of the molecule is CCc1ccc(CC)c(C(=O)COC(=O)c2ccccc2-c2ccccc2C#N)c1. The van der Waals surface area contributed by atoms with Gasteiger partial charge in [-0.3, -0.25) is 4.79 Å². The highest BCUT2D eigenvalue weighted by molar-refractivity contribution is 6.02. The predicted octanol–water partition coefficient (Wildman–Crippen LogP) is 5.39. The van der Waals surface area contributed by atoms with Gasteiger partial charge >= 0.3 is 5.97 Å². The van der Waals surface area contributed by atoms with Gasteiger partial charge in [0.25, 0.3) is 0 Å². The number of Topliss-reactive ketones (excluding diaryl/α,β-unsaturated/α-hetero) is 1. The van der Waals surface area contributed by atoms with E-state index in [1.807, 2.05) is 38.1 Å². The Bertz CT molecular complexity index is 1130. The average molecular weight is 397 g/mol. The highest BCUT2D eigenvalue weighted by Gasteiger charge is 2.18. The molecule has 0 atom stereocenters. The van der Waals surface area contributed by atoms with E-state index < -0.39 is 5.97 Å². The van der Waals surface area contributed by atoms with Crippen molar-refractivity contribution in [3.63, 3.8) is 0 Å². The molecule has 3 aromatic rings. The maximum absolute atomic E-state index is 12.8. The lowest BCUT2D eigenvalue weighted by molar-refractivity contribution is 0.0475. The number of rotatable bonds is 7. The molecule has 150 valence electrons. The molecule has 0 aliphatic carbocycles. The van der Waals surface area contributed by atoms with E-state index in [1.165, 1.54) is 0 Å². The molecule has 0 N–H and O–H groups in total. The molecule has 0 spiro atoms. The molecule has 3 aromatic carbocycles. The van der Waals surface area contributed by atoms with Crippen molar-refractivity contribution >= 4 is 11.8 Å². The Morgan fingerprint density at radius 3 is 2.27 bits per heavy atom. The first kappa shape index (κ1) is 21.0. The van der Waals surface area contributed by atoms with Gasteiger partial charge in [-0.15, -0.1) is 0 Å². The van der Waals surface area contributed by atoms with Crippen LogP contribution >= 0.6 is 0 Å². The van der Waals surface area contributed by atoms with Crippen LogP contribution in [0.4, 0.5) is 0 Å². The molecule has 4 heteroatoms. The first-order valence-electron chi connectivity index (χ1n) is 9.99. The molecule has 0 saturated heterocycles. The summed E-state index contributed by atoms with van der Waals surface area (Å²) in [7, 11) is 0. The number of esters is 1. The molecule has 4 nitrogen and oxygen atoms in total. The molecule has 0 heterocycles. The Morgan fingerprint density at radius 1 is 0.867 bits per heavy atom. The lowest BCUT2D eigenvalue weighted by Gasteiger charge is -2.12. The largest absolute Gasteiger partial charge is 0.454 e. The number of aryl methyl sites for hydroxylation is 2. The number of hydrogen-bond acceptors (Lipinski definition) is 4. The third-order valence-electron chi connectivity index (χ3n) is 5.08. The Morgan fingerprint density at radius 2 is 1.57 bits per heavy atom. The fourth-order valence-electron chi connectivity index (χ4n) is 3.41. The van der Waals surface area contributed by atoms with Crippen LogP contribution in [0.1, 0.15) is 51.3 Å². The number of nitriles is 1. The molecule has 0 fully saturated rings. The first-order chi connectivity index (χ1) is 14.6. The normalized spacial score (nSPS) is 10.3. The van der Waals surface area contributed by atoms with E-state index in [4.69, 9.17) is 4.74 Å². The lowest BCUT2D eigenvalue weighted by Crippen LogP contribution is -2.16. The summed E-state index contributed by atoms with van der Waals surface area (Å²) in [5.41, 5.74) is 4.67. The second-order valence-corrected chi connectivity index (χ2v) is 6.90. The number of ether oxygens (including phenoxy) is 1. The molecule has 0 bridgehead atoms. The number of benzene rings is 3. The van der Waals surface area contributed by atoms with Crippen LogP contribution < -0.4 is 0 Å². The minimum Gasteiger partial charge on any atom is -0.454 e. The Balaban J connectivity index is 1.83. The van der Waals surface area contributed by atoms with Gasteiger partial charge in [0.1, 0.15) is 0 Å². The molecule has 0 radical (unpaired) electrons. The Labute approximate surface area is 176 Å². The van der Waals surface area contributed by atoms with Gasteiger partial charge in [0.2, 0.25) is 5.78 Å². The zero-order chi connectivity index (χ0) is 21.5. The van der Waals surface area contributed by atoms with E-state index >= 15 is 0 Å². The van der Waals surface area contributed by atoms with Gasteiger partial charge in [0.15, 0.2) is 6.61 Å². The molecule has 0 amide bonds. The van der Waals surface area contributed by atoms with Gasteiger partial charge in [-0.05, 0) is 47.7 Å².